The van der Waals surface area contributed by atoms with E-state index in [1.165, 1.54) is 18.2 Å². The molecule has 1 unspecified atom stereocenters. The average Bonchev–Trinajstić information content (AvgIpc) is 2.20. The van der Waals surface area contributed by atoms with Gasteiger partial charge in [-0.1, -0.05) is 15.9 Å². The smallest absolute Gasteiger partial charge is 0.305 e. The van der Waals surface area contributed by atoms with E-state index in [0.717, 1.165) is 0 Å². The molecule has 1 rings (SSSR count). The zero-order valence-corrected chi connectivity index (χ0v) is 9.70. The molecule has 0 bridgehead atoms. The number of hydrogen-bond donors (Lipinski definition) is 2. The number of rotatable bonds is 5. The molecule has 86 valence electrons. The number of halogens is 2. The van der Waals surface area contributed by atoms with Gasteiger partial charge in [-0.2, -0.15) is 0 Å². The van der Waals surface area contributed by atoms with E-state index in [1.807, 2.05) is 0 Å². The van der Waals surface area contributed by atoms with Gasteiger partial charge in [0.15, 0.2) is 0 Å². The lowest BCUT2D eigenvalue weighted by Crippen LogP contribution is -2.22. The summed E-state index contributed by atoms with van der Waals surface area (Å²) >= 11 is 3.18. The molecule has 1 aromatic carbocycles. The van der Waals surface area contributed by atoms with Crippen LogP contribution < -0.4 is 5.32 Å². The average molecular weight is 290 g/mol. The van der Waals surface area contributed by atoms with Crippen LogP contribution in [-0.2, 0) is 9.59 Å². The molecule has 2 N–H and O–H groups in total. The first-order valence-corrected chi connectivity index (χ1v) is 5.20. The summed E-state index contributed by atoms with van der Waals surface area (Å²) in [4.78, 5) is 20.9. The third kappa shape index (κ3) is 3.30. The number of carbonyl (C=O) groups excluding carboxylic acids is 1. The predicted molar refractivity (Wildman–Crippen MR) is 58.3 cm³/mol. The van der Waals surface area contributed by atoms with Gasteiger partial charge >= 0.3 is 5.97 Å². The van der Waals surface area contributed by atoms with Crippen LogP contribution in [0.4, 0.5) is 4.39 Å². The first-order chi connectivity index (χ1) is 7.54. The number of carboxylic acid groups (broad SMARTS) is 1. The van der Waals surface area contributed by atoms with E-state index in [0.29, 0.717) is 16.4 Å². The molecule has 0 aliphatic heterocycles. The second-order valence-electron chi connectivity index (χ2n) is 3.10. The number of carbonyl (C=O) groups is 2. The molecule has 0 aliphatic rings. The van der Waals surface area contributed by atoms with Crippen LogP contribution in [-0.4, -0.2) is 17.5 Å². The maximum absolute atomic E-state index is 13.0. The van der Waals surface area contributed by atoms with Crippen molar-refractivity contribution in [2.45, 2.75) is 12.5 Å². The summed E-state index contributed by atoms with van der Waals surface area (Å²) in [6.07, 6.45) is 0.0890. The van der Waals surface area contributed by atoms with Crippen LogP contribution in [0.2, 0.25) is 0 Å². The highest BCUT2D eigenvalue weighted by atomic mass is 79.9. The summed E-state index contributed by atoms with van der Waals surface area (Å²) in [5, 5.41) is 11.0. The Morgan fingerprint density at radius 2 is 2.31 bits per heavy atom. The fraction of sp³-hybridized carbons (Fsp3) is 0.200. The molecule has 0 heterocycles. The summed E-state index contributed by atoms with van der Waals surface area (Å²) < 4.78 is 13.6. The largest absolute Gasteiger partial charge is 0.481 e. The lowest BCUT2D eigenvalue weighted by Gasteiger charge is -2.15. The summed E-state index contributed by atoms with van der Waals surface area (Å²) in [7, 11) is 0. The highest BCUT2D eigenvalue weighted by molar-refractivity contribution is 9.10. The quantitative estimate of drug-likeness (QED) is 0.813. The van der Waals surface area contributed by atoms with E-state index >= 15 is 0 Å². The number of carboxylic acids is 1. The molecule has 1 aromatic rings. The number of hydrogen-bond acceptors (Lipinski definition) is 2. The molecule has 1 atom stereocenters. The second kappa shape index (κ2) is 5.60. The van der Waals surface area contributed by atoms with Gasteiger partial charge in [0, 0.05) is 4.47 Å². The fourth-order valence-electron chi connectivity index (χ4n) is 1.30. The fourth-order valence-corrected chi connectivity index (χ4v) is 1.82. The molecule has 4 nitrogen and oxygen atoms in total. The molecule has 0 radical (unpaired) electrons. The molecule has 0 spiro atoms. The Morgan fingerprint density at radius 3 is 2.88 bits per heavy atom. The van der Waals surface area contributed by atoms with E-state index in [2.05, 4.69) is 21.2 Å². The Labute approximate surface area is 99.6 Å². The molecule has 0 saturated heterocycles. The van der Waals surface area contributed by atoms with Gasteiger partial charge in [-0.15, -0.1) is 0 Å². The minimum Gasteiger partial charge on any atom is -0.481 e. The van der Waals surface area contributed by atoms with Crippen molar-refractivity contribution < 1.29 is 19.1 Å². The van der Waals surface area contributed by atoms with Gasteiger partial charge in [0.25, 0.3) is 0 Å². The standard InChI is InChI=1S/C10H9BrFNO3/c11-8-2-1-6(12)3-7(8)9(13-5-14)4-10(15)16/h1-3,5,9H,4H2,(H,13,14)(H,15,16). The zero-order chi connectivity index (χ0) is 12.1. The van der Waals surface area contributed by atoms with Gasteiger partial charge in [0.05, 0.1) is 12.5 Å². The maximum atomic E-state index is 13.0. The van der Waals surface area contributed by atoms with Crippen molar-refractivity contribution in [1.82, 2.24) is 5.32 Å². The highest BCUT2D eigenvalue weighted by Gasteiger charge is 2.17. The van der Waals surface area contributed by atoms with Crippen molar-refractivity contribution in [3.63, 3.8) is 0 Å². The summed E-state index contributed by atoms with van der Waals surface area (Å²) in [6, 6.07) is 3.15. The third-order valence-corrected chi connectivity index (χ3v) is 2.70. The first kappa shape index (κ1) is 12.6. The first-order valence-electron chi connectivity index (χ1n) is 4.41. The molecule has 1 amide bonds. The van der Waals surface area contributed by atoms with Gasteiger partial charge in [-0.05, 0) is 23.8 Å². The third-order valence-electron chi connectivity index (χ3n) is 1.98. The summed E-state index contributed by atoms with van der Waals surface area (Å²) in [5.41, 5.74) is 0.398. The number of benzene rings is 1. The van der Waals surface area contributed by atoms with Crippen LogP contribution in [0.3, 0.4) is 0 Å². The van der Waals surface area contributed by atoms with E-state index in [4.69, 9.17) is 5.11 Å². The van der Waals surface area contributed by atoms with Crippen molar-refractivity contribution in [1.29, 1.82) is 0 Å². The van der Waals surface area contributed by atoms with E-state index in [1.54, 1.807) is 0 Å². The predicted octanol–water partition coefficient (Wildman–Crippen LogP) is 1.85. The molecule has 0 fully saturated rings. The Morgan fingerprint density at radius 1 is 1.62 bits per heavy atom. The van der Waals surface area contributed by atoms with E-state index in [9.17, 15) is 14.0 Å². The summed E-state index contributed by atoms with van der Waals surface area (Å²) in [5.74, 6) is -1.56. The van der Waals surface area contributed by atoms with Crippen LogP contribution in [0.15, 0.2) is 22.7 Å². The second-order valence-corrected chi connectivity index (χ2v) is 3.96. The van der Waals surface area contributed by atoms with Crippen LogP contribution in [0.5, 0.6) is 0 Å². The Balaban J connectivity index is 3.03. The Kier molecular flexibility index (Phi) is 4.42. The lowest BCUT2D eigenvalue weighted by atomic mass is 10.0. The maximum Gasteiger partial charge on any atom is 0.305 e. The monoisotopic (exact) mass is 289 g/mol. The molecule has 16 heavy (non-hydrogen) atoms. The Hall–Kier alpha value is -1.43. The lowest BCUT2D eigenvalue weighted by molar-refractivity contribution is -0.137. The van der Waals surface area contributed by atoms with E-state index < -0.39 is 17.8 Å². The van der Waals surface area contributed by atoms with Gasteiger partial charge in [-0.25, -0.2) is 4.39 Å². The minimum atomic E-state index is -1.07. The topological polar surface area (TPSA) is 66.4 Å². The molecular formula is C10H9BrFNO3. The van der Waals surface area contributed by atoms with Crippen molar-refractivity contribution in [3.05, 3.63) is 34.1 Å². The van der Waals surface area contributed by atoms with E-state index in [-0.39, 0.29) is 6.42 Å². The number of aliphatic carboxylic acids is 1. The van der Waals surface area contributed by atoms with Crippen molar-refractivity contribution >= 4 is 28.3 Å². The van der Waals surface area contributed by atoms with Crippen molar-refractivity contribution in [2.24, 2.45) is 0 Å². The zero-order valence-electron chi connectivity index (χ0n) is 8.11. The van der Waals surface area contributed by atoms with Crippen molar-refractivity contribution in [3.8, 4) is 0 Å². The van der Waals surface area contributed by atoms with Crippen LogP contribution in [0.1, 0.15) is 18.0 Å². The molecule has 0 aliphatic carbocycles. The minimum absolute atomic E-state index is 0.305. The normalized spacial score (nSPS) is 11.9. The molecule has 0 aromatic heterocycles. The number of amides is 1. The molecule has 0 saturated carbocycles. The van der Waals surface area contributed by atoms with Crippen LogP contribution >= 0.6 is 15.9 Å². The molecule has 6 heteroatoms. The number of nitrogens with one attached hydrogen (secondary N) is 1. The Bertz CT molecular complexity index is 411. The molecular weight excluding hydrogens is 281 g/mol. The summed E-state index contributed by atoms with van der Waals surface area (Å²) in [6.45, 7) is 0. The highest BCUT2D eigenvalue weighted by Crippen LogP contribution is 2.26. The van der Waals surface area contributed by atoms with Crippen LogP contribution in [0.25, 0.3) is 0 Å². The van der Waals surface area contributed by atoms with Gasteiger partial charge in [-0.3, -0.25) is 9.59 Å². The van der Waals surface area contributed by atoms with Gasteiger partial charge < -0.3 is 10.4 Å². The SMILES string of the molecule is O=CNC(CC(=O)O)c1cc(F)ccc1Br. The van der Waals surface area contributed by atoms with Crippen LogP contribution in [0, 0.1) is 5.82 Å². The van der Waals surface area contributed by atoms with Crippen molar-refractivity contribution in [2.75, 3.05) is 0 Å². The van der Waals surface area contributed by atoms with Gasteiger partial charge in [0.2, 0.25) is 6.41 Å². The van der Waals surface area contributed by atoms with Gasteiger partial charge in [0.1, 0.15) is 5.82 Å².